The first kappa shape index (κ1) is 21.5. The lowest BCUT2D eigenvalue weighted by Gasteiger charge is -2.27. The summed E-state index contributed by atoms with van der Waals surface area (Å²) in [5.41, 5.74) is 4.02. The zero-order valence-corrected chi connectivity index (χ0v) is 19.4. The van der Waals surface area contributed by atoms with Gasteiger partial charge in [0.1, 0.15) is 17.2 Å². The van der Waals surface area contributed by atoms with Gasteiger partial charge in [0.05, 0.1) is 31.8 Å². The molecule has 5 rings (SSSR count). The van der Waals surface area contributed by atoms with Crippen molar-refractivity contribution in [3.63, 3.8) is 0 Å². The summed E-state index contributed by atoms with van der Waals surface area (Å²) in [5.74, 6) is 3.01. The Bertz CT molecular complexity index is 1200. The number of aromatic nitrogens is 4. The lowest BCUT2D eigenvalue weighted by Crippen LogP contribution is -2.37. The topological polar surface area (TPSA) is 78.4 Å². The molecule has 170 valence electrons. The molecule has 33 heavy (non-hydrogen) atoms. The average molecular weight is 464 g/mol. The number of benzene rings is 2. The van der Waals surface area contributed by atoms with Crippen LogP contribution in [0.3, 0.4) is 0 Å². The average Bonchev–Trinajstić information content (AvgIpc) is 3.51. The second kappa shape index (κ2) is 9.68. The van der Waals surface area contributed by atoms with E-state index >= 15 is 0 Å². The fourth-order valence-corrected chi connectivity index (χ4v) is 4.48. The van der Waals surface area contributed by atoms with Crippen LogP contribution >= 0.6 is 11.8 Å². The Hall–Kier alpha value is -3.30. The van der Waals surface area contributed by atoms with Crippen molar-refractivity contribution in [1.82, 2.24) is 19.9 Å². The van der Waals surface area contributed by atoms with Gasteiger partial charge in [-0.3, -0.25) is 4.57 Å². The zero-order chi connectivity index (χ0) is 22.6. The van der Waals surface area contributed by atoms with Crippen LogP contribution in [0.25, 0.3) is 16.9 Å². The molecule has 8 nitrogen and oxygen atoms in total. The Morgan fingerprint density at radius 3 is 2.48 bits per heavy atom. The van der Waals surface area contributed by atoms with Crippen molar-refractivity contribution in [2.45, 2.75) is 17.8 Å². The number of hydrogen-bond acceptors (Lipinski definition) is 8. The van der Waals surface area contributed by atoms with Gasteiger partial charge in [-0.25, -0.2) is 0 Å². The minimum absolute atomic E-state index is 0.594. The van der Waals surface area contributed by atoms with Crippen molar-refractivity contribution in [2.75, 3.05) is 38.3 Å². The van der Waals surface area contributed by atoms with E-state index < -0.39 is 0 Å². The Morgan fingerprint density at radius 1 is 1.00 bits per heavy atom. The summed E-state index contributed by atoms with van der Waals surface area (Å²) in [6.45, 7) is 5.05. The largest absolute Gasteiger partial charge is 0.497 e. The van der Waals surface area contributed by atoms with Crippen LogP contribution in [0, 0.1) is 6.92 Å². The van der Waals surface area contributed by atoms with Crippen molar-refractivity contribution in [3.8, 4) is 22.7 Å². The lowest BCUT2D eigenvalue weighted by molar-refractivity contribution is 0.122. The Morgan fingerprint density at radius 2 is 1.76 bits per heavy atom. The van der Waals surface area contributed by atoms with Gasteiger partial charge in [0.15, 0.2) is 5.16 Å². The molecule has 0 N–H and O–H groups in total. The molecule has 1 saturated heterocycles. The van der Waals surface area contributed by atoms with Gasteiger partial charge in [-0.15, -0.1) is 10.2 Å². The molecular formula is C24H25N5O3S. The van der Waals surface area contributed by atoms with Gasteiger partial charge in [-0.2, -0.15) is 0 Å². The highest BCUT2D eigenvalue weighted by Gasteiger charge is 2.22. The van der Waals surface area contributed by atoms with E-state index in [1.807, 2.05) is 30.3 Å². The SMILES string of the molecule is COc1ccc(-c2cc(CSc3nnc(N4CCOCC4)n3-c3ccc(C)cc3)on2)cc1. The molecule has 0 unspecified atom stereocenters. The summed E-state index contributed by atoms with van der Waals surface area (Å²) in [5, 5.41) is 14.1. The van der Waals surface area contributed by atoms with E-state index in [4.69, 9.17) is 14.0 Å². The second-order valence-electron chi connectivity index (χ2n) is 7.75. The molecule has 1 aliphatic heterocycles. The van der Waals surface area contributed by atoms with E-state index in [1.54, 1.807) is 18.9 Å². The van der Waals surface area contributed by atoms with Gasteiger partial charge in [0.25, 0.3) is 0 Å². The Labute approximate surface area is 196 Å². The van der Waals surface area contributed by atoms with Crippen LogP contribution in [0.4, 0.5) is 5.95 Å². The van der Waals surface area contributed by atoms with E-state index in [2.05, 4.69) is 56.0 Å². The fraction of sp³-hybridized carbons (Fsp3) is 0.292. The van der Waals surface area contributed by atoms with E-state index in [-0.39, 0.29) is 0 Å². The predicted molar refractivity (Wildman–Crippen MR) is 127 cm³/mol. The summed E-state index contributed by atoms with van der Waals surface area (Å²) in [6.07, 6.45) is 0. The van der Waals surface area contributed by atoms with Gasteiger partial charge >= 0.3 is 0 Å². The maximum atomic E-state index is 5.60. The minimum Gasteiger partial charge on any atom is -0.497 e. The third-order valence-corrected chi connectivity index (χ3v) is 6.44. The van der Waals surface area contributed by atoms with Crippen LogP contribution < -0.4 is 9.64 Å². The van der Waals surface area contributed by atoms with Crippen LogP contribution in [0.15, 0.2) is 64.3 Å². The number of nitrogens with zero attached hydrogens (tertiary/aromatic N) is 5. The molecule has 0 bridgehead atoms. The van der Waals surface area contributed by atoms with Crippen LogP contribution in [0.5, 0.6) is 5.75 Å². The first-order valence-electron chi connectivity index (χ1n) is 10.8. The first-order chi connectivity index (χ1) is 16.2. The molecule has 0 radical (unpaired) electrons. The van der Waals surface area contributed by atoms with Crippen LogP contribution in [0.2, 0.25) is 0 Å². The van der Waals surface area contributed by atoms with Crippen LogP contribution in [0.1, 0.15) is 11.3 Å². The summed E-state index contributed by atoms with van der Waals surface area (Å²) in [4.78, 5) is 2.22. The van der Waals surface area contributed by atoms with Gasteiger partial charge in [0, 0.05) is 24.7 Å². The second-order valence-corrected chi connectivity index (χ2v) is 8.69. The predicted octanol–water partition coefficient (Wildman–Crippen LogP) is 4.37. The first-order valence-corrected chi connectivity index (χ1v) is 11.8. The van der Waals surface area contributed by atoms with Crippen molar-refractivity contribution in [2.24, 2.45) is 0 Å². The molecule has 0 aliphatic carbocycles. The molecule has 4 aromatic rings. The standard InChI is InChI=1S/C24H25N5O3S/c1-17-3-7-19(8-4-17)29-23(28-11-13-31-14-12-28)25-26-24(29)33-16-21-15-22(27-32-21)18-5-9-20(30-2)10-6-18/h3-10,15H,11-14,16H2,1-2H3. The van der Waals surface area contributed by atoms with Crippen LogP contribution in [-0.2, 0) is 10.5 Å². The molecular weight excluding hydrogens is 438 g/mol. The third-order valence-electron chi connectivity index (χ3n) is 5.49. The number of thioether (sulfide) groups is 1. The van der Waals surface area contributed by atoms with Gasteiger partial charge in [0.2, 0.25) is 5.95 Å². The molecule has 1 aliphatic rings. The van der Waals surface area contributed by atoms with Gasteiger partial charge in [-0.1, -0.05) is 34.6 Å². The van der Waals surface area contributed by atoms with Gasteiger partial charge in [-0.05, 0) is 43.3 Å². The van der Waals surface area contributed by atoms with Crippen molar-refractivity contribution < 1.29 is 14.0 Å². The maximum Gasteiger partial charge on any atom is 0.232 e. The monoisotopic (exact) mass is 463 g/mol. The molecule has 9 heteroatoms. The van der Waals surface area contributed by atoms with E-state index in [1.165, 1.54) is 5.56 Å². The maximum absolute atomic E-state index is 5.60. The molecule has 0 amide bonds. The number of aryl methyl sites for hydroxylation is 1. The summed E-state index contributed by atoms with van der Waals surface area (Å²) < 4.78 is 18.4. The zero-order valence-electron chi connectivity index (χ0n) is 18.6. The number of hydrogen-bond donors (Lipinski definition) is 0. The minimum atomic E-state index is 0.594. The van der Waals surface area contributed by atoms with E-state index in [0.717, 1.165) is 52.6 Å². The van der Waals surface area contributed by atoms with E-state index in [0.29, 0.717) is 19.0 Å². The highest BCUT2D eigenvalue weighted by atomic mass is 32.2. The van der Waals surface area contributed by atoms with E-state index in [9.17, 15) is 0 Å². The fourth-order valence-electron chi connectivity index (χ4n) is 3.66. The normalized spacial score (nSPS) is 13.9. The molecule has 0 atom stereocenters. The molecule has 2 aromatic carbocycles. The highest BCUT2D eigenvalue weighted by molar-refractivity contribution is 7.98. The number of morpholine rings is 1. The van der Waals surface area contributed by atoms with Crippen molar-refractivity contribution in [1.29, 1.82) is 0 Å². The molecule has 2 aromatic heterocycles. The number of anilines is 1. The van der Waals surface area contributed by atoms with Gasteiger partial charge < -0.3 is 18.9 Å². The quantitative estimate of drug-likeness (QED) is 0.374. The third kappa shape index (κ3) is 4.74. The molecule has 1 fully saturated rings. The Kier molecular flexibility index (Phi) is 6.32. The number of ether oxygens (including phenoxy) is 2. The summed E-state index contributed by atoms with van der Waals surface area (Å²) >= 11 is 1.58. The molecule has 0 saturated carbocycles. The number of rotatable bonds is 7. The molecule has 3 heterocycles. The van der Waals surface area contributed by atoms with Crippen LogP contribution in [-0.4, -0.2) is 53.3 Å². The number of methoxy groups -OCH3 is 1. The lowest BCUT2D eigenvalue weighted by atomic mass is 10.1. The summed E-state index contributed by atoms with van der Waals surface area (Å²) in [7, 11) is 1.65. The van der Waals surface area contributed by atoms with Crippen molar-refractivity contribution >= 4 is 17.7 Å². The highest BCUT2D eigenvalue weighted by Crippen LogP contribution is 2.30. The Balaban J connectivity index is 1.37. The smallest absolute Gasteiger partial charge is 0.232 e. The summed E-state index contributed by atoms with van der Waals surface area (Å²) in [6, 6.07) is 18.1. The van der Waals surface area contributed by atoms with Crippen molar-refractivity contribution in [3.05, 3.63) is 65.9 Å². The molecule has 0 spiro atoms.